The minimum absolute atomic E-state index is 0.0618. The van der Waals surface area contributed by atoms with Gasteiger partial charge in [0.05, 0.1) is 0 Å². The van der Waals surface area contributed by atoms with Crippen LogP contribution in [0, 0.1) is 0 Å². The van der Waals surface area contributed by atoms with Crippen molar-refractivity contribution in [3.05, 3.63) is 24.4 Å². The molecule has 4 nitrogen and oxygen atoms in total. The molecule has 0 saturated heterocycles. The topological polar surface area (TPSA) is 48.4 Å². The van der Waals surface area contributed by atoms with Gasteiger partial charge in [-0.3, -0.25) is 0 Å². The van der Waals surface area contributed by atoms with E-state index in [1.165, 1.54) is 12.3 Å². The molecule has 0 N–H and O–H groups in total. The van der Waals surface area contributed by atoms with Gasteiger partial charge in [-0.2, -0.15) is 0 Å². The lowest BCUT2D eigenvalue weighted by molar-refractivity contribution is 0.0952. The number of hydrogen-bond donors (Lipinski definition) is 0. The molecule has 0 aliphatic heterocycles. The Kier molecular flexibility index (Phi) is 3.80. The van der Waals surface area contributed by atoms with E-state index < -0.39 is 10.1 Å². The first-order chi connectivity index (χ1) is 6.47. The lowest BCUT2D eigenvalue weighted by Gasteiger charge is -2.10. The maximum Gasteiger partial charge on any atom is 0.518 e. The van der Waals surface area contributed by atoms with Crippen LogP contribution in [0.4, 0.5) is 4.79 Å². The second-order valence-electron chi connectivity index (χ2n) is 2.07. The van der Waals surface area contributed by atoms with Gasteiger partial charge in [0, 0.05) is 12.3 Å². The van der Waals surface area contributed by atoms with Crippen molar-refractivity contribution in [1.29, 1.82) is 0 Å². The lowest BCUT2D eigenvalue weighted by Crippen LogP contribution is -2.19. The summed E-state index contributed by atoms with van der Waals surface area (Å²) < 4.78 is 6.67. The van der Waals surface area contributed by atoms with E-state index in [1.54, 1.807) is 12.1 Å². The highest BCUT2D eigenvalue weighted by atomic mass is 35.6. The van der Waals surface area contributed by atoms with Gasteiger partial charge in [-0.25, -0.2) is 9.78 Å². The van der Waals surface area contributed by atoms with E-state index in [4.69, 9.17) is 34.8 Å². The largest absolute Gasteiger partial charge is 0.518 e. The Bertz CT molecular complexity index is 312. The Morgan fingerprint density at radius 1 is 1.36 bits per heavy atom. The zero-order valence-corrected chi connectivity index (χ0v) is 8.88. The van der Waals surface area contributed by atoms with Crippen LogP contribution >= 0.6 is 34.8 Å². The van der Waals surface area contributed by atoms with Gasteiger partial charge in [0.15, 0.2) is 0 Å². The SMILES string of the molecule is O=C(Oc1ccccn1)OC(Cl)(Cl)Cl. The van der Waals surface area contributed by atoms with E-state index >= 15 is 0 Å². The van der Waals surface area contributed by atoms with Crippen LogP contribution in [-0.2, 0) is 4.74 Å². The summed E-state index contributed by atoms with van der Waals surface area (Å²) in [5.41, 5.74) is 0. The van der Waals surface area contributed by atoms with Crippen LogP contribution in [0.25, 0.3) is 0 Å². The van der Waals surface area contributed by atoms with Gasteiger partial charge in [-0.05, 0) is 40.9 Å². The van der Waals surface area contributed by atoms with Gasteiger partial charge >= 0.3 is 10.1 Å². The highest BCUT2D eigenvalue weighted by molar-refractivity contribution is 6.66. The van der Waals surface area contributed by atoms with Crippen molar-refractivity contribution < 1.29 is 14.3 Å². The zero-order valence-electron chi connectivity index (χ0n) is 6.62. The Labute approximate surface area is 94.7 Å². The monoisotopic (exact) mass is 255 g/mol. The average molecular weight is 256 g/mol. The maximum absolute atomic E-state index is 10.9. The zero-order chi connectivity index (χ0) is 10.6. The molecule has 7 heteroatoms. The number of nitrogens with zero attached hydrogens (tertiary/aromatic N) is 1. The highest BCUT2D eigenvalue weighted by Gasteiger charge is 2.26. The molecule has 1 aromatic heterocycles. The van der Waals surface area contributed by atoms with Crippen LogP contribution in [0.15, 0.2) is 24.4 Å². The first kappa shape index (κ1) is 11.4. The molecule has 0 atom stereocenters. The van der Waals surface area contributed by atoms with Crippen molar-refractivity contribution in [3.8, 4) is 5.88 Å². The van der Waals surface area contributed by atoms with Crippen molar-refractivity contribution in [2.24, 2.45) is 0 Å². The molecule has 0 aliphatic rings. The van der Waals surface area contributed by atoms with Crippen molar-refractivity contribution in [2.75, 3.05) is 0 Å². The average Bonchev–Trinajstić information content (AvgIpc) is 2.02. The summed E-state index contributed by atoms with van der Waals surface area (Å²) in [6.07, 6.45) is 0.307. The molecule has 76 valence electrons. The Hall–Kier alpha value is -0.710. The highest BCUT2D eigenvalue weighted by Crippen LogP contribution is 2.27. The van der Waals surface area contributed by atoms with Crippen molar-refractivity contribution in [1.82, 2.24) is 4.98 Å². The summed E-state index contributed by atoms with van der Waals surface area (Å²) in [4.78, 5) is 14.6. The second-order valence-corrected chi connectivity index (χ2v) is 4.25. The van der Waals surface area contributed by atoms with Crippen LogP contribution in [-0.4, -0.2) is 15.1 Å². The number of aromatic nitrogens is 1. The lowest BCUT2D eigenvalue weighted by atomic mass is 10.5. The molecule has 0 radical (unpaired) electrons. The number of carbonyl (C=O) groups excluding carboxylic acids is 1. The Morgan fingerprint density at radius 2 is 2.07 bits per heavy atom. The van der Waals surface area contributed by atoms with Crippen molar-refractivity contribution in [3.63, 3.8) is 0 Å². The molecule has 0 amide bonds. The van der Waals surface area contributed by atoms with E-state index in [0.717, 1.165) is 0 Å². The summed E-state index contributed by atoms with van der Waals surface area (Å²) in [5.74, 6) is 0.0618. The molecule has 0 fully saturated rings. The molecular formula is C7H4Cl3NO3. The van der Waals surface area contributed by atoms with Crippen molar-refractivity contribution in [2.45, 2.75) is 3.98 Å². The van der Waals surface area contributed by atoms with Gasteiger partial charge in [-0.15, -0.1) is 0 Å². The van der Waals surface area contributed by atoms with Gasteiger partial charge in [0.25, 0.3) is 0 Å². The van der Waals surface area contributed by atoms with E-state index in [0.29, 0.717) is 0 Å². The number of rotatable bonds is 1. The third-order valence-electron chi connectivity index (χ3n) is 1.02. The summed E-state index contributed by atoms with van der Waals surface area (Å²) in [6.45, 7) is 0. The Morgan fingerprint density at radius 3 is 2.57 bits per heavy atom. The summed E-state index contributed by atoms with van der Waals surface area (Å²) >= 11 is 15.5. The van der Waals surface area contributed by atoms with E-state index in [1.807, 2.05) is 0 Å². The van der Waals surface area contributed by atoms with Gasteiger partial charge in [-0.1, -0.05) is 6.07 Å². The summed E-state index contributed by atoms with van der Waals surface area (Å²) in [6, 6.07) is 4.75. The fraction of sp³-hybridized carbons (Fsp3) is 0.143. The number of carbonyl (C=O) groups is 1. The second kappa shape index (κ2) is 4.68. The summed E-state index contributed by atoms with van der Waals surface area (Å²) in [5, 5.41) is 0. The third-order valence-corrected chi connectivity index (χ3v) is 1.26. The fourth-order valence-electron chi connectivity index (χ4n) is 0.608. The van der Waals surface area contributed by atoms with Crippen LogP contribution < -0.4 is 4.74 Å². The van der Waals surface area contributed by atoms with E-state index in [9.17, 15) is 4.79 Å². The number of hydrogen-bond acceptors (Lipinski definition) is 4. The van der Waals surface area contributed by atoms with Gasteiger partial charge in [0.1, 0.15) is 0 Å². The number of alkyl halides is 3. The smallest absolute Gasteiger partial charge is 0.382 e. The molecule has 14 heavy (non-hydrogen) atoms. The molecule has 0 bridgehead atoms. The molecular weight excluding hydrogens is 252 g/mol. The number of pyridine rings is 1. The predicted molar refractivity (Wildman–Crippen MR) is 51.6 cm³/mol. The predicted octanol–water partition coefficient (Wildman–Crippen LogP) is 2.92. The first-order valence-electron chi connectivity index (χ1n) is 3.36. The molecule has 1 heterocycles. The van der Waals surface area contributed by atoms with Crippen LogP contribution in [0.3, 0.4) is 0 Å². The van der Waals surface area contributed by atoms with Crippen LogP contribution in [0.1, 0.15) is 0 Å². The normalized spacial score (nSPS) is 10.8. The molecule has 0 saturated carbocycles. The molecule has 0 aromatic carbocycles. The number of ether oxygens (including phenoxy) is 2. The first-order valence-corrected chi connectivity index (χ1v) is 4.49. The molecule has 0 aliphatic carbocycles. The van der Waals surface area contributed by atoms with Gasteiger partial charge in [0.2, 0.25) is 5.88 Å². The number of halogens is 3. The fourth-order valence-corrected chi connectivity index (χ4v) is 0.797. The maximum atomic E-state index is 10.9. The van der Waals surface area contributed by atoms with Gasteiger partial charge < -0.3 is 9.47 Å². The van der Waals surface area contributed by atoms with E-state index in [2.05, 4.69) is 14.5 Å². The molecule has 0 unspecified atom stereocenters. The quantitative estimate of drug-likeness (QED) is 0.572. The minimum Gasteiger partial charge on any atom is -0.382 e. The minimum atomic E-state index is -2.13. The Balaban J connectivity index is 2.50. The molecule has 1 aromatic rings. The van der Waals surface area contributed by atoms with Crippen LogP contribution in [0.5, 0.6) is 5.88 Å². The summed E-state index contributed by atoms with van der Waals surface area (Å²) in [7, 11) is 0. The van der Waals surface area contributed by atoms with Crippen molar-refractivity contribution >= 4 is 41.0 Å². The standard InChI is InChI=1S/C7H4Cl3NO3/c8-7(9,10)14-6(12)13-5-3-1-2-4-11-5/h1-4H. The third kappa shape index (κ3) is 4.50. The van der Waals surface area contributed by atoms with Crippen LogP contribution in [0.2, 0.25) is 0 Å². The van der Waals surface area contributed by atoms with E-state index in [-0.39, 0.29) is 5.88 Å². The molecule has 1 rings (SSSR count). The molecule has 0 spiro atoms.